The number of hydrogen-bond donors (Lipinski definition) is 2. The Bertz CT molecular complexity index is 961. The van der Waals surface area contributed by atoms with Gasteiger partial charge in [0.05, 0.1) is 25.4 Å². The van der Waals surface area contributed by atoms with E-state index in [-0.39, 0.29) is 0 Å². The molecule has 0 bridgehead atoms. The van der Waals surface area contributed by atoms with Gasteiger partial charge in [-0.05, 0) is 54.8 Å². The van der Waals surface area contributed by atoms with Gasteiger partial charge in [-0.2, -0.15) is 5.10 Å². The lowest BCUT2D eigenvalue weighted by Gasteiger charge is -2.28. The molecule has 1 aliphatic heterocycles. The monoisotopic (exact) mass is 432 g/mol. The maximum absolute atomic E-state index is 5.44. The van der Waals surface area contributed by atoms with Crippen LogP contribution >= 0.6 is 0 Å². The second-order valence-electron chi connectivity index (χ2n) is 7.75. The van der Waals surface area contributed by atoms with E-state index in [2.05, 4.69) is 76.1 Å². The van der Waals surface area contributed by atoms with Crippen LogP contribution in [0.1, 0.15) is 18.1 Å². The molecule has 1 aliphatic rings. The summed E-state index contributed by atoms with van der Waals surface area (Å²) in [7, 11) is 0. The van der Waals surface area contributed by atoms with Gasteiger partial charge in [0.25, 0.3) is 0 Å². The third kappa shape index (κ3) is 6.11. The average Bonchev–Trinajstić information content (AvgIpc) is 3.39. The Kier molecular flexibility index (Phi) is 7.76. The zero-order valence-electron chi connectivity index (χ0n) is 18.7. The van der Waals surface area contributed by atoms with Crippen molar-refractivity contribution in [1.82, 2.24) is 20.4 Å². The number of aliphatic imine (C=N–C) groups is 1. The van der Waals surface area contributed by atoms with Crippen molar-refractivity contribution in [3.63, 3.8) is 0 Å². The summed E-state index contributed by atoms with van der Waals surface area (Å²) < 4.78 is 7.30. The predicted molar refractivity (Wildman–Crippen MR) is 130 cm³/mol. The Labute approximate surface area is 190 Å². The molecule has 1 aromatic heterocycles. The Morgan fingerprint density at radius 2 is 1.69 bits per heavy atom. The van der Waals surface area contributed by atoms with Crippen molar-refractivity contribution >= 4 is 11.6 Å². The fraction of sp³-hybridized carbons (Fsp3) is 0.360. The Hall–Kier alpha value is -3.32. The summed E-state index contributed by atoms with van der Waals surface area (Å²) in [5.41, 5.74) is 4.81. The lowest BCUT2D eigenvalue weighted by Crippen LogP contribution is -2.38. The van der Waals surface area contributed by atoms with Crippen LogP contribution in [-0.2, 0) is 17.7 Å². The zero-order chi connectivity index (χ0) is 22.0. The summed E-state index contributed by atoms with van der Waals surface area (Å²) in [5, 5.41) is 11.0. The number of anilines is 1. The third-order valence-electron chi connectivity index (χ3n) is 5.49. The third-order valence-corrected chi connectivity index (χ3v) is 5.49. The first kappa shape index (κ1) is 21.9. The molecule has 0 saturated carbocycles. The highest BCUT2D eigenvalue weighted by molar-refractivity contribution is 5.79. The number of hydrogen-bond acceptors (Lipinski definition) is 4. The summed E-state index contributed by atoms with van der Waals surface area (Å²) in [5.74, 6) is 0.845. The molecule has 7 nitrogen and oxygen atoms in total. The van der Waals surface area contributed by atoms with E-state index in [1.54, 1.807) is 6.20 Å². The molecule has 0 spiro atoms. The van der Waals surface area contributed by atoms with E-state index in [1.165, 1.54) is 16.8 Å². The number of guanidine groups is 1. The van der Waals surface area contributed by atoms with Crippen molar-refractivity contribution in [3.05, 3.63) is 78.1 Å². The van der Waals surface area contributed by atoms with Crippen molar-refractivity contribution in [2.24, 2.45) is 4.99 Å². The van der Waals surface area contributed by atoms with Gasteiger partial charge in [-0.15, -0.1) is 0 Å². The van der Waals surface area contributed by atoms with Crippen LogP contribution in [0, 0.1) is 0 Å². The van der Waals surface area contributed by atoms with Gasteiger partial charge in [0, 0.05) is 44.3 Å². The minimum Gasteiger partial charge on any atom is -0.378 e. The van der Waals surface area contributed by atoms with E-state index in [0.29, 0.717) is 6.54 Å². The quantitative estimate of drug-likeness (QED) is 0.423. The first-order chi connectivity index (χ1) is 15.8. The first-order valence-corrected chi connectivity index (χ1v) is 11.3. The number of rotatable bonds is 8. The molecule has 0 atom stereocenters. The Morgan fingerprint density at radius 3 is 2.38 bits per heavy atom. The highest BCUT2D eigenvalue weighted by Gasteiger charge is 2.10. The van der Waals surface area contributed by atoms with Gasteiger partial charge in [0.15, 0.2) is 5.96 Å². The van der Waals surface area contributed by atoms with E-state index >= 15 is 0 Å². The predicted octanol–water partition coefficient (Wildman–Crippen LogP) is 3.01. The molecule has 0 unspecified atom stereocenters. The Balaban J connectivity index is 1.27. The van der Waals surface area contributed by atoms with Gasteiger partial charge < -0.3 is 20.3 Å². The van der Waals surface area contributed by atoms with Crippen LogP contribution in [-0.4, -0.2) is 55.1 Å². The first-order valence-electron chi connectivity index (χ1n) is 11.3. The van der Waals surface area contributed by atoms with Crippen LogP contribution < -0.4 is 15.5 Å². The van der Waals surface area contributed by atoms with Crippen LogP contribution in [0.25, 0.3) is 5.69 Å². The minimum atomic E-state index is 0.650. The van der Waals surface area contributed by atoms with E-state index < -0.39 is 0 Å². The van der Waals surface area contributed by atoms with E-state index in [0.717, 1.165) is 57.5 Å². The molecule has 0 radical (unpaired) electrons. The fourth-order valence-corrected chi connectivity index (χ4v) is 3.71. The molecule has 2 aromatic carbocycles. The van der Waals surface area contributed by atoms with Gasteiger partial charge in [-0.1, -0.05) is 24.3 Å². The molecule has 2 heterocycles. The van der Waals surface area contributed by atoms with Gasteiger partial charge in [-0.25, -0.2) is 9.67 Å². The lowest BCUT2D eigenvalue weighted by molar-refractivity contribution is 0.122. The molecule has 32 heavy (non-hydrogen) atoms. The maximum Gasteiger partial charge on any atom is 0.191 e. The lowest BCUT2D eigenvalue weighted by atomic mass is 10.1. The number of nitrogens with zero attached hydrogens (tertiary/aromatic N) is 4. The highest BCUT2D eigenvalue weighted by atomic mass is 16.5. The Morgan fingerprint density at radius 1 is 0.969 bits per heavy atom. The van der Waals surface area contributed by atoms with Crippen LogP contribution in [0.4, 0.5) is 5.69 Å². The molecule has 0 amide bonds. The van der Waals surface area contributed by atoms with Crippen molar-refractivity contribution < 1.29 is 4.74 Å². The average molecular weight is 433 g/mol. The van der Waals surface area contributed by atoms with Gasteiger partial charge >= 0.3 is 0 Å². The summed E-state index contributed by atoms with van der Waals surface area (Å²) in [6.45, 7) is 7.91. The molecular formula is C25H32N6O. The van der Waals surface area contributed by atoms with Crippen molar-refractivity contribution in [2.75, 3.05) is 44.3 Å². The summed E-state index contributed by atoms with van der Waals surface area (Å²) in [6.07, 6.45) is 4.67. The number of nitrogens with one attached hydrogen (secondary N) is 2. The van der Waals surface area contributed by atoms with Crippen LogP contribution in [0.3, 0.4) is 0 Å². The molecule has 7 heteroatoms. The number of morpholine rings is 1. The van der Waals surface area contributed by atoms with Crippen LogP contribution in [0.2, 0.25) is 0 Å². The standard InChI is InChI=1S/C25H32N6O/c1-2-26-25(27-14-12-21-4-10-24(11-5-21)31-15-3-13-29-31)28-20-22-6-8-23(9-7-22)30-16-18-32-19-17-30/h3-11,13,15H,2,12,14,16-20H2,1H3,(H2,26,27,28). The highest BCUT2D eigenvalue weighted by Crippen LogP contribution is 2.17. The number of benzene rings is 2. The van der Waals surface area contributed by atoms with E-state index in [4.69, 9.17) is 9.73 Å². The number of aromatic nitrogens is 2. The second kappa shape index (κ2) is 11.3. The maximum atomic E-state index is 5.44. The van der Waals surface area contributed by atoms with Gasteiger partial charge in [-0.3, -0.25) is 0 Å². The smallest absolute Gasteiger partial charge is 0.191 e. The van der Waals surface area contributed by atoms with Gasteiger partial charge in [0.1, 0.15) is 0 Å². The zero-order valence-corrected chi connectivity index (χ0v) is 18.7. The molecular weight excluding hydrogens is 400 g/mol. The minimum absolute atomic E-state index is 0.650. The SMILES string of the molecule is CCNC(=NCc1ccc(N2CCOCC2)cc1)NCCc1ccc(-n2cccn2)cc1. The summed E-state index contributed by atoms with van der Waals surface area (Å²) >= 11 is 0. The molecule has 1 fully saturated rings. The normalized spacial score (nSPS) is 14.4. The van der Waals surface area contributed by atoms with Crippen LogP contribution in [0.5, 0.6) is 0 Å². The van der Waals surface area contributed by atoms with E-state index in [9.17, 15) is 0 Å². The molecule has 1 saturated heterocycles. The molecule has 4 rings (SSSR count). The van der Waals surface area contributed by atoms with Gasteiger partial charge in [0.2, 0.25) is 0 Å². The molecule has 0 aliphatic carbocycles. The van der Waals surface area contributed by atoms with E-state index in [1.807, 2.05) is 16.9 Å². The largest absolute Gasteiger partial charge is 0.378 e. The van der Waals surface area contributed by atoms with Crippen molar-refractivity contribution in [1.29, 1.82) is 0 Å². The van der Waals surface area contributed by atoms with Crippen molar-refractivity contribution in [3.8, 4) is 5.69 Å². The van der Waals surface area contributed by atoms with Crippen molar-refractivity contribution in [2.45, 2.75) is 19.9 Å². The number of ether oxygens (including phenoxy) is 1. The van der Waals surface area contributed by atoms with Crippen LogP contribution in [0.15, 0.2) is 72.0 Å². The fourth-order valence-electron chi connectivity index (χ4n) is 3.71. The summed E-state index contributed by atoms with van der Waals surface area (Å²) in [4.78, 5) is 7.12. The second-order valence-corrected chi connectivity index (χ2v) is 7.75. The topological polar surface area (TPSA) is 66.7 Å². The molecule has 3 aromatic rings. The summed E-state index contributed by atoms with van der Waals surface area (Å²) in [6, 6.07) is 19.1. The molecule has 168 valence electrons. The molecule has 2 N–H and O–H groups in total.